The van der Waals surface area contributed by atoms with E-state index in [0.717, 1.165) is 11.3 Å². The number of aromatic carboxylic acids is 1. The van der Waals surface area contributed by atoms with E-state index in [2.05, 4.69) is 0 Å². The number of carbonyl (C=O) groups is 1. The number of ether oxygens (including phenoxy) is 2. The molecule has 6 heteroatoms. The van der Waals surface area contributed by atoms with Crippen molar-refractivity contribution >= 4 is 11.5 Å². The summed E-state index contributed by atoms with van der Waals surface area (Å²) >= 11 is 0. The fourth-order valence-electron chi connectivity index (χ4n) is 3.02. The lowest BCUT2D eigenvalue weighted by Gasteiger charge is -2.26. The summed E-state index contributed by atoms with van der Waals surface area (Å²) in [5.41, 5.74) is 2.10. The van der Waals surface area contributed by atoms with Crippen LogP contribution in [-0.2, 0) is 22.6 Å². The van der Waals surface area contributed by atoms with Crippen molar-refractivity contribution in [3.05, 3.63) is 38.8 Å². The number of aromatic nitrogens is 1. The molecule has 112 valence electrons. The van der Waals surface area contributed by atoms with Crippen LogP contribution in [0.4, 0.5) is 0 Å². The standard InChI is InChI=1S/C15H17NO5/c1-9-12(10-2-5-20-6-3-10)14(17)13(15(18)19)11-8-21-7-4-16(9)11/h2H,3-8H2,1H3,(H,18,19). The molecule has 0 radical (unpaired) electrons. The molecule has 3 rings (SSSR count). The number of fused-ring (bicyclic) bond motifs is 1. The van der Waals surface area contributed by atoms with Gasteiger partial charge < -0.3 is 19.1 Å². The van der Waals surface area contributed by atoms with Crippen molar-refractivity contribution < 1.29 is 19.4 Å². The fourth-order valence-corrected chi connectivity index (χ4v) is 3.02. The van der Waals surface area contributed by atoms with Gasteiger partial charge in [-0.05, 0) is 18.9 Å². The Labute approximate surface area is 121 Å². The summed E-state index contributed by atoms with van der Waals surface area (Å²) < 4.78 is 12.5. The van der Waals surface area contributed by atoms with Crippen molar-refractivity contribution in [2.75, 3.05) is 19.8 Å². The molecular formula is C15H17NO5. The zero-order chi connectivity index (χ0) is 15.0. The first-order valence-electron chi connectivity index (χ1n) is 6.95. The molecular weight excluding hydrogens is 274 g/mol. The van der Waals surface area contributed by atoms with Crippen LogP contribution in [0.5, 0.6) is 0 Å². The lowest BCUT2D eigenvalue weighted by atomic mass is 9.96. The van der Waals surface area contributed by atoms with Crippen LogP contribution in [0, 0.1) is 6.92 Å². The number of carboxylic acid groups (broad SMARTS) is 1. The molecule has 0 aliphatic carbocycles. The predicted molar refractivity (Wildman–Crippen MR) is 75.5 cm³/mol. The summed E-state index contributed by atoms with van der Waals surface area (Å²) in [5, 5.41) is 9.42. The van der Waals surface area contributed by atoms with E-state index >= 15 is 0 Å². The van der Waals surface area contributed by atoms with Gasteiger partial charge in [0.05, 0.1) is 32.1 Å². The van der Waals surface area contributed by atoms with Gasteiger partial charge in [-0.2, -0.15) is 0 Å². The second kappa shape index (κ2) is 5.46. The summed E-state index contributed by atoms with van der Waals surface area (Å²) in [6.07, 6.45) is 2.50. The Balaban J connectivity index is 2.30. The molecule has 0 fully saturated rings. The minimum absolute atomic E-state index is 0.164. The summed E-state index contributed by atoms with van der Waals surface area (Å²) in [7, 11) is 0. The van der Waals surface area contributed by atoms with Gasteiger partial charge in [0.15, 0.2) is 0 Å². The van der Waals surface area contributed by atoms with Gasteiger partial charge in [0.2, 0.25) is 5.43 Å². The van der Waals surface area contributed by atoms with Crippen molar-refractivity contribution in [1.29, 1.82) is 0 Å². The highest BCUT2D eigenvalue weighted by Gasteiger charge is 2.27. The molecule has 21 heavy (non-hydrogen) atoms. The van der Waals surface area contributed by atoms with Gasteiger partial charge in [-0.1, -0.05) is 6.08 Å². The monoisotopic (exact) mass is 291 g/mol. The second-order valence-electron chi connectivity index (χ2n) is 5.17. The Hall–Kier alpha value is -1.92. The Morgan fingerprint density at radius 3 is 2.81 bits per heavy atom. The van der Waals surface area contributed by atoms with Gasteiger partial charge >= 0.3 is 5.97 Å². The maximum Gasteiger partial charge on any atom is 0.341 e. The van der Waals surface area contributed by atoms with Gasteiger partial charge in [0, 0.05) is 17.8 Å². The predicted octanol–water partition coefficient (Wildman–Crippen LogP) is 1.19. The molecule has 0 unspecified atom stereocenters. The van der Waals surface area contributed by atoms with E-state index in [4.69, 9.17) is 9.47 Å². The molecule has 0 bridgehead atoms. The molecule has 0 spiro atoms. The maximum absolute atomic E-state index is 12.7. The highest BCUT2D eigenvalue weighted by Crippen LogP contribution is 2.25. The second-order valence-corrected chi connectivity index (χ2v) is 5.17. The van der Waals surface area contributed by atoms with Crippen LogP contribution in [0.25, 0.3) is 5.57 Å². The summed E-state index contributed by atoms with van der Waals surface area (Å²) in [6, 6.07) is 0. The normalized spacial score (nSPS) is 18.0. The number of hydrogen-bond donors (Lipinski definition) is 1. The number of carboxylic acids is 1. The van der Waals surface area contributed by atoms with Crippen LogP contribution in [0.15, 0.2) is 10.9 Å². The third-order valence-electron chi connectivity index (χ3n) is 4.03. The average molecular weight is 291 g/mol. The largest absolute Gasteiger partial charge is 0.477 e. The third-order valence-corrected chi connectivity index (χ3v) is 4.03. The topological polar surface area (TPSA) is 77.8 Å². The molecule has 0 saturated carbocycles. The van der Waals surface area contributed by atoms with Crippen molar-refractivity contribution in [3.8, 4) is 0 Å². The van der Waals surface area contributed by atoms with Crippen molar-refractivity contribution in [1.82, 2.24) is 4.57 Å². The van der Waals surface area contributed by atoms with Crippen LogP contribution in [0.2, 0.25) is 0 Å². The van der Waals surface area contributed by atoms with E-state index < -0.39 is 11.4 Å². The minimum atomic E-state index is -1.19. The lowest BCUT2D eigenvalue weighted by Crippen LogP contribution is -2.32. The van der Waals surface area contributed by atoms with Gasteiger partial charge in [-0.15, -0.1) is 0 Å². The van der Waals surface area contributed by atoms with E-state index in [-0.39, 0.29) is 12.2 Å². The molecule has 1 aromatic rings. The van der Waals surface area contributed by atoms with Gasteiger partial charge in [-0.3, -0.25) is 4.79 Å². The van der Waals surface area contributed by atoms with E-state index in [0.29, 0.717) is 44.0 Å². The van der Waals surface area contributed by atoms with Crippen LogP contribution in [0.3, 0.4) is 0 Å². The first-order chi connectivity index (χ1) is 10.1. The number of rotatable bonds is 2. The zero-order valence-corrected chi connectivity index (χ0v) is 11.8. The van der Waals surface area contributed by atoms with Crippen molar-refractivity contribution in [3.63, 3.8) is 0 Å². The number of nitrogens with zero attached hydrogens (tertiary/aromatic N) is 1. The average Bonchev–Trinajstić information content (AvgIpc) is 2.48. The van der Waals surface area contributed by atoms with Crippen molar-refractivity contribution in [2.24, 2.45) is 0 Å². The molecule has 2 aliphatic rings. The van der Waals surface area contributed by atoms with E-state index in [1.54, 1.807) is 0 Å². The van der Waals surface area contributed by atoms with Gasteiger partial charge in [0.1, 0.15) is 5.56 Å². The first kappa shape index (κ1) is 14.0. The first-order valence-corrected chi connectivity index (χ1v) is 6.95. The Morgan fingerprint density at radius 2 is 2.14 bits per heavy atom. The number of pyridine rings is 1. The molecule has 6 nitrogen and oxygen atoms in total. The minimum Gasteiger partial charge on any atom is -0.477 e. The molecule has 2 aliphatic heterocycles. The highest BCUT2D eigenvalue weighted by atomic mass is 16.5. The van der Waals surface area contributed by atoms with Crippen LogP contribution < -0.4 is 5.43 Å². The molecule has 1 N–H and O–H groups in total. The van der Waals surface area contributed by atoms with Gasteiger partial charge in [-0.25, -0.2) is 4.79 Å². The highest BCUT2D eigenvalue weighted by molar-refractivity contribution is 5.90. The smallest absolute Gasteiger partial charge is 0.341 e. The van der Waals surface area contributed by atoms with Crippen LogP contribution >= 0.6 is 0 Å². The van der Waals surface area contributed by atoms with E-state index in [1.807, 2.05) is 17.6 Å². The Morgan fingerprint density at radius 1 is 1.33 bits per heavy atom. The zero-order valence-electron chi connectivity index (χ0n) is 11.8. The Kier molecular flexibility index (Phi) is 3.65. The Bertz CT molecular complexity index is 686. The molecule has 3 heterocycles. The summed E-state index contributed by atoms with van der Waals surface area (Å²) in [4.78, 5) is 24.2. The van der Waals surface area contributed by atoms with Crippen LogP contribution in [-0.4, -0.2) is 35.5 Å². The quantitative estimate of drug-likeness (QED) is 0.885. The van der Waals surface area contributed by atoms with E-state index in [1.165, 1.54) is 0 Å². The van der Waals surface area contributed by atoms with Crippen LogP contribution in [0.1, 0.15) is 33.7 Å². The van der Waals surface area contributed by atoms with Crippen molar-refractivity contribution in [2.45, 2.75) is 26.5 Å². The third kappa shape index (κ3) is 2.30. The maximum atomic E-state index is 12.7. The molecule has 0 saturated heterocycles. The lowest BCUT2D eigenvalue weighted by molar-refractivity contribution is 0.0647. The molecule has 1 aromatic heterocycles. The van der Waals surface area contributed by atoms with Gasteiger partial charge in [0.25, 0.3) is 0 Å². The SMILES string of the molecule is Cc1c(C2=CCOCC2)c(=O)c(C(=O)O)c2n1CCOC2. The molecule has 0 aromatic carbocycles. The molecule has 0 atom stereocenters. The molecule has 0 amide bonds. The number of hydrogen-bond acceptors (Lipinski definition) is 4. The summed E-state index contributed by atoms with van der Waals surface area (Å²) in [6.45, 7) is 4.14. The fraction of sp³-hybridized carbons (Fsp3) is 0.467. The van der Waals surface area contributed by atoms with E-state index in [9.17, 15) is 14.7 Å². The summed E-state index contributed by atoms with van der Waals surface area (Å²) in [5.74, 6) is -1.19.